The second-order valence-electron chi connectivity index (χ2n) is 5.94. The van der Waals surface area contributed by atoms with Crippen molar-refractivity contribution in [3.8, 4) is 0 Å². The summed E-state index contributed by atoms with van der Waals surface area (Å²) in [4.78, 5) is 33.7. The van der Waals surface area contributed by atoms with Crippen molar-refractivity contribution >= 4 is 28.8 Å². The molecule has 3 rings (SSSR count). The molecule has 1 fully saturated rings. The van der Waals surface area contributed by atoms with Crippen molar-refractivity contribution in [2.45, 2.75) is 32.7 Å². The highest BCUT2D eigenvalue weighted by Gasteiger charge is 2.35. The summed E-state index contributed by atoms with van der Waals surface area (Å²) in [6.07, 6.45) is 1.56. The van der Waals surface area contributed by atoms with Crippen LogP contribution in [0, 0.1) is 5.92 Å². The first-order valence-corrected chi connectivity index (χ1v) is 7.62. The minimum atomic E-state index is -0.400. The smallest absolute Gasteiger partial charge is 0.249 e. The number of benzene rings is 1. The molecule has 0 radical (unpaired) electrons. The molecule has 0 aliphatic carbocycles. The fourth-order valence-corrected chi connectivity index (χ4v) is 2.85. The molecular weight excluding hydrogens is 280 g/mol. The van der Waals surface area contributed by atoms with Gasteiger partial charge in [0.2, 0.25) is 17.8 Å². The van der Waals surface area contributed by atoms with Crippen LogP contribution < -0.4 is 5.32 Å². The van der Waals surface area contributed by atoms with Crippen molar-refractivity contribution in [1.82, 2.24) is 14.9 Å². The normalized spacial score (nSPS) is 18.1. The average molecular weight is 300 g/mol. The molecule has 1 aliphatic rings. The number of fused-ring (bicyclic) bond motifs is 1. The fourth-order valence-electron chi connectivity index (χ4n) is 2.85. The Labute approximate surface area is 128 Å². The number of H-pyrrole nitrogens is 1. The summed E-state index contributed by atoms with van der Waals surface area (Å²) in [5.74, 6) is 0.183. The number of nitrogens with zero attached hydrogens (tertiary/aromatic N) is 2. The third kappa shape index (κ3) is 2.68. The van der Waals surface area contributed by atoms with Crippen LogP contribution >= 0.6 is 0 Å². The van der Waals surface area contributed by atoms with Crippen molar-refractivity contribution in [2.24, 2.45) is 5.92 Å². The number of hydrogen-bond acceptors (Lipinski definition) is 3. The zero-order valence-electron chi connectivity index (χ0n) is 12.8. The van der Waals surface area contributed by atoms with E-state index in [9.17, 15) is 9.59 Å². The summed E-state index contributed by atoms with van der Waals surface area (Å²) < 4.78 is 0. The van der Waals surface area contributed by atoms with Gasteiger partial charge in [0.05, 0.1) is 11.0 Å². The predicted molar refractivity (Wildman–Crippen MR) is 84.3 cm³/mol. The highest BCUT2D eigenvalue weighted by Crippen LogP contribution is 2.21. The first-order valence-electron chi connectivity index (χ1n) is 7.62. The maximum Gasteiger partial charge on any atom is 0.249 e. The van der Waals surface area contributed by atoms with Crippen molar-refractivity contribution in [1.29, 1.82) is 0 Å². The standard InChI is InChI=1S/C16H20N4O2/c1-10(2)15(22)20-9-5-8-13(20)14(21)19-16-17-11-6-3-4-7-12(11)18-16/h3-4,6-7,10,13H,5,8-9H2,1-2H3,(H2,17,18,19,21). The second kappa shape index (κ2) is 5.79. The Morgan fingerprint density at radius 3 is 2.86 bits per heavy atom. The van der Waals surface area contributed by atoms with E-state index in [2.05, 4.69) is 15.3 Å². The summed E-state index contributed by atoms with van der Waals surface area (Å²) in [7, 11) is 0. The van der Waals surface area contributed by atoms with Crippen LogP contribution in [-0.2, 0) is 9.59 Å². The largest absolute Gasteiger partial charge is 0.330 e. The van der Waals surface area contributed by atoms with E-state index in [1.54, 1.807) is 4.90 Å². The first-order chi connectivity index (χ1) is 10.6. The first kappa shape index (κ1) is 14.6. The molecule has 0 saturated carbocycles. The molecule has 2 aromatic rings. The van der Waals surface area contributed by atoms with Crippen LogP contribution in [0.5, 0.6) is 0 Å². The van der Waals surface area contributed by atoms with Crippen LogP contribution in [0.25, 0.3) is 11.0 Å². The molecule has 1 aromatic carbocycles. The van der Waals surface area contributed by atoms with Gasteiger partial charge in [0.15, 0.2) is 0 Å². The van der Waals surface area contributed by atoms with E-state index in [0.29, 0.717) is 18.9 Å². The Morgan fingerprint density at radius 2 is 2.14 bits per heavy atom. The molecule has 0 bridgehead atoms. The van der Waals surface area contributed by atoms with E-state index in [0.717, 1.165) is 17.5 Å². The lowest BCUT2D eigenvalue weighted by molar-refractivity contribution is -0.139. The Hall–Kier alpha value is -2.37. The quantitative estimate of drug-likeness (QED) is 0.911. The summed E-state index contributed by atoms with van der Waals surface area (Å²) >= 11 is 0. The summed E-state index contributed by atoms with van der Waals surface area (Å²) in [5.41, 5.74) is 1.68. The van der Waals surface area contributed by atoms with Crippen molar-refractivity contribution in [2.75, 3.05) is 11.9 Å². The number of carbonyl (C=O) groups is 2. The molecule has 2 amide bonds. The van der Waals surface area contributed by atoms with Crippen LogP contribution in [0.1, 0.15) is 26.7 Å². The third-order valence-electron chi connectivity index (χ3n) is 3.96. The molecule has 22 heavy (non-hydrogen) atoms. The van der Waals surface area contributed by atoms with Crippen LogP contribution in [0.15, 0.2) is 24.3 Å². The predicted octanol–water partition coefficient (Wildman–Crippen LogP) is 2.15. The maximum atomic E-state index is 12.5. The maximum absolute atomic E-state index is 12.5. The molecule has 1 aromatic heterocycles. The average Bonchev–Trinajstić information content (AvgIpc) is 3.12. The summed E-state index contributed by atoms with van der Waals surface area (Å²) in [6, 6.07) is 7.19. The van der Waals surface area contributed by atoms with Gasteiger partial charge in [-0.2, -0.15) is 0 Å². The molecular formula is C16H20N4O2. The lowest BCUT2D eigenvalue weighted by Crippen LogP contribution is -2.44. The van der Waals surface area contributed by atoms with Gasteiger partial charge in [-0.05, 0) is 25.0 Å². The topological polar surface area (TPSA) is 78.1 Å². The second-order valence-corrected chi connectivity index (χ2v) is 5.94. The molecule has 0 spiro atoms. The zero-order valence-corrected chi connectivity index (χ0v) is 12.8. The van der Waals surface area contributed by atoms with Crippen molar-refractivity contribution in [3.05, 3.63) is 24.3 Å². The lowest BCUT2D eigenvalue weighted by Gasteiger charge is -2.25. The van der Waals surface area contributed by atoms with E-state index >= 15 is 0 Å². The van der Waals surface area contributed by atoms with Crippen LogP contribution in [0.4, 0.5) is 5.95 Å². The Balaban J connectivity index is 1.74. The molecule has 2 N–H and O–H groups in total. The van der Waals surface area contributed by atoms with E-state index in [1.165, 1.54) is 0 Å². The van der Waals surface area contributed by atoms with Gasteiger partial charge in [-0.15, -0.1) is 0 Å². The number of likely N-dealkylation sites (tertiary alicyclic amines) is 1. The van der Waals surface area contributed by atoms with Crippen LogP contribution in [0.3, 0.4) is 0 Å². The van der Waals surface area contributed by atoms with E-state index < -0.39 is 6.04 Å². The number of aromatic amines is 1. The number of nitrogens with one attached hydrogen (secondary N) is 2. The highest BCUT2D eigenvalue weighted by atomic mass is 16.2. The Bertz CT molecular complexity index is 674. The number of hydrogen-bond donors (Lipinski definition) is 2. The van der Waals surface area contributed by atoms with Crippen molar-refractivity contribution < 1.29 is 9.59 Å². The third-order valence-corrected chi connectivity index (χ3v) is 3.96. The van der Waals surface area contributed by atoms with E-state index in [4.69, 9.17) is 0 Å². The van der Waals surface area contributed by atoms with E-state index in [-0.39, 0.29) is 17.7 Å². The van der Waals surface area contributed by atoms with E-state index in [1.807, 2.05) is 38.1 Å². The molecule has 2 heterocycles. The molecule has 6 heteroatoms. The van der Waals surface area contributed by atoms with Gasteiger partial charge < -0.3 is 9.88 Å². The van der Waals surface area contributed by atoms with Gasteiger partial charge in [-0.3, -0.25) is 14.9 Å². The number of amides is 2. The molecule has 1 saturated heterocycles. The molecule has 1 unspecified atom stereocenters. The number of carbonyl (C=O) groups excluding carboxylic acids is 2. The number of imidazole rings is 1. The minimum absolute atomic E-state index is 0.0299. The lowest BCUT2D eigenvalue weighted by atomic mass is 10.1. The number of para-hydroxylation sites is 2. The summed E-state index contributed by atoms with van der Waals surface area (Å²) in [5, 5.41) is 2.80. The molecule has 116 valence electrons. The Morgan fingerprint density at radius 1 is 1.36 bits per heavy atom. The monoisotopic (exact) mass is 300 g/mol. The SMILES string of the molecule is CC(C)C(=O)N1CCCC1C(=O)Nc1nc2ccccc2[nH]1. The van der Waals surface area contributed by atoms with Crippen LogP contribution in [0.2, 0.25) is 0 Å². The molecule has 1 aliphatic heterocycles. The zero-order chi connectivity index (χ0) is 15.7. The Kier molecular flexibility index (Phi) is 3.83. The van der Waals surface area contributed by atoms with Gasteiger partial charge in [0.1, 0.15) is 6.04 Å². The van der Waals surface area contributed by atoms with Crippen molar-refractivity contribution in [3.63, 3.8) is 0 Å². The number of aromatic nitrogens is 2. The van der Waals surface area contributed by atoms with Gasteiger partial charge in [0.25, 0.3) is 0 Å². The molecule has 1 atom stereocenters. The van der Waals surface area contributed by atoms with Crippen LogP contribution in [-0.4, -0.2) is 39.3 Å². The molecule has 6 nitrogen and oxygen atoms in total. The summed E-state index contributed by atoms with van der Waals surface area (Å²) in [6.45, 7) is 4.36. The van der Waals surface area contributed by atoms with Gasteiger partial charge >= 0.3 is 0 Å². The fraction of sp³-hybridized carbons (Fsp3) is 0.438. The van der Waals surface area contributed by atoms with Gasteiger partial charge in [-0.25, -0.2) is 4.98 Å². The number of rotatable bonds is 3. The minimum Gasteiger partial charge on any atom is -0.330 e. The number of anilines is 1. The van der Waals surface area contributed by atoms with Gasteiger partial charge in [0, 0.05) is 12.5 Å². The highest BCUT2D eigenvalue weighted by molar-refractivity contribution is 5.97. The van der Waals surface area contributed by atoms with Gasteiger partial charge in [-0.1, -0.05) is 26.0 Å².